The van der Waals surface area contributed by atoms with Crippen molar-refractivity contribution in [2.75, 3.05) is 21.3 Å². The van der Waals surface area contributed by atoms with Gasteiger partial charge in [-0.1, -0.05) is 30.3 Å². The lowest BCUT2D eigenvalue weighted by atomic mass is 10.0. The summed E-state index contributed by atoms with van der Waals surface area (Å²) in [6.07, 6.45) is -0.881. The Kier molecular flexibility index (Phi) is 7.04. The molecule has 31 heavy (non-hydrogen) atoms. The molecule has 2 atom stereocenters. The molecule has 0 spiro atoms. The number of nitrogens with one attached hydrogen (secondary N) is 1. The van der Waals surface area contributed by atoms with Crippen LogP contribution in [0, 0.1) is 0 Å². The summed E-state index contributed by atoms with van der Waals surface area (Å²) in [4.78, 5) is 37.3. The highest BCUT2D eigenvalue weighted by molar-refractivity contribution is 5.89. The topological polar surface area (TPSA) is 104 Å². The molecule has 0 aliphatic heterocycles. The van der Waals surface area contributed by atoms with Gasteiger partial charge in [0, 0.05) is 31.0 Å². The molecular weight excluding hydrogens is 402 g/mol. The Morgan fingerprint density at radius 3 is 2.42 bits per heavy atom. The lowest BCUT2D eigenvalue weighted by Gasteiger charge is -2.21. The second-order valence-corrected chi connectivity index (χ2v) is 6.77. The average molecular weight is 425 g/mol. The van der Waals surface area contributed by atoms with Gasteiger partial charge in [0.25, 0.3) is 5.91 Å². The van der Waals surface area contributed by atoms with E-state index in [0.717, 1.165) is 0 Å². The van der Waals surface area contributed by atoms with Gasteiger partial charge in [-0.3, -0.25) is 4.79 Å². The Morgan fingerprint density at radius 1 is 1.03 bits per heavy atom. The molecule has 0 saturated heterocycles. The van der Waals surface area contributed by atoms with Gasteiger partial charge in [-0.05, 0) is 23.3 Å². The Hall–Kier alpha value is -3.65. The predicted molar refractivity (Wildman–Crippen MR) is 113 cm³/mol. The van der Waals surface area contributed by atoms with Gasteiger partial charge in [-0.15, -0.1) is 0 Å². The number of hydrogen-bond acceptors (Lipinski definition) is 7. The van der Waals surface area contributed by atoms with Crippen molar-refractivity contribution in [3.05, 3.63) is 76.1 Å². The summed E-state index contributed by atoms with van der Waals surface area (Å²) in [5, 5.41) is 3.30. The molecule has 0 aliphatic rings. The van der Waals surface area contributed by atoms with Crippen molar-refractivity contribution in [3.63, 3.8) is 0 Å². The van der Waals surface area contributed by atoms with Crippen LogP contribution in [0.1, 0.15) is 17.2 Å². The number of rotatable bonds is 8. The van der Waals surface area contributed by atoms with Crippen LogP contribution < -0.4 is 15.7 Å². The van der Waals surface area contributed by atoms with Gasteiger partial charge in [0.1, 0.15) is 17.4 Å². The number of ether oxygens (including phenoxy) is 3. The summed E-state index contributed by atoms with van der Waals surface area (Å²) >= 11 is 0. The van der Waals surface area contributed by atoms with Crippen LogP contribution in [0.5, 0.6) is 5.75 Å². The molecule has 0 bridgehead atoms. The Bertz CT molecular complexity index is 1120. The van der Waals surface area contributed by atoms with Gasteiger partial charge in [0.2, 0.25) is 0 Å². The van der Waals surface area contributed by atoms with Crippen molar-refractivity contribution in [1.29, 1.82) is 0 Å². The number of carbonyl (C=O) groups excluding carboxylic acids is 2. The molecule has 3 rings (SSSR count). The Labute approximate surface area is 178 Å². The highest BCUT2D eigenvalue weighted by Gasteiger charge is 2.28. The predicted octanol–water partition coefficient (Wildman–Crippen LogP) is 2.39. The van der Waals surface area contributed by atoms with Crippen molar-refractivity contribution in [3.8, 4) is 5.75 Å². The smallest absolute Gasteiger partial charge is 0.336 e. The summed E-state index contributed by atoms with van der Waals surface area (Å²) < 4.78 is 20.6. The number of methoxy groups -OCH3 is 3. The maximum atomic E-state index is 12.9. The molecule has 1 N–H and O–H groups in total. The molecule has 0 fully saturated rings. The van der Waals surface area contributed by atoms with E-state index in [1.807, 2.05) is 6.07 Å². The van der Waals surface area contributed by atoms with Gasteiger partial charge in [0.05, 0.1) is 14.2 Å². The van der Waals surface area contributed by atoms with E-state index < -0.39 is 29.6 Å². The molecule has 0 radical (unpaired) electrons. The second-order valence-electron chi connectivity index (χ2n) is 6.77. The third-order valence-corrected chi connectivity index (χ3v) is 4.84. The quantitative estimate of drug-likeness (QED) is 0.436. The van der Waals surface area contributed by atoms with Crippen LogP contribution in [0.25, 0.3) is 11.0 Å². The molecule has 0 unspecified atom stereocenters. The molecule has 162 valence electrons. The van der Waals surface area contributed by atoms with E-state index in [-0.39, 0.29) is 6.42 Å². The summed E-state index contributed by atoms with van der Waals surface area (Å²) in [6, 6.07) is 14.2. The highest BCUT2D eigenvalue weighted by atomic mass is 16.5. The van der Waals surface area contributed by atoms with E-state index in [0.29, 0.717) is 27.8 Å². The first-order chi connectivity index (χ1) is 15.0. The second kappa shape index (κ2) is 9.90. The number of hydrogen-bond donors (Lipinski definition) is 1. The van der Waals surface area contributed by atoms with E-state index in [9.17, 15) is 14.4 Å². The van der Waals surface area contributed by atoms with Gasteiger partial charge in [0.15, 0.2) is 6.10 Å². The minimum Gasteiger partial charge on any atom is -0.497 e. The minimum absolute atomic E-state index is 0.0259. The summed E-state index contributed by atoms with van der Waals surface area (Å²) in [5.41, 5.74) is 0.905. The molecule has 8 heteroatoms. The first-order valence-corrected chi connectivity index (χ1v) is 9.53. The lowest BCUT2D eigenvalue weighted by molar-refractivity contribution is -0.146. The van der Waals surface area contributed by atoms with E-state index in [1.165, 1.54) is 27.4 Å². The van der Waals surface area contributed by atoms with Crippen molar-refractivity contribution in [2.24, 2.45) is 0 Å². The Balaban J connectivity index is 1.91. The van der Waals surface area contributed by atoms with E-state index >= 15 is 0 Å². The highest BCUT2D eigenvalue weighted by Crippen LogP contribution is 2.24. The molecular formula is C23H23NO7. The van der Waals surface area contributed by atoms with Gasteiger partial charge >= 0.3 is 11.6 Å². The molecule has 1 heterocycles. The third-order valence-electron chi connectivity index (χ3n) is 4.84. The lowest BCUT2D eigenvalue weighted by Crippen LogP contribution is -2.45. The van der Waals surface area contributed by atoms with E-state index in [4.69, 9.17) is 18.6 Å². The van der Waals surface area contributed by atoms with Crippen LogP contribution in [-0.2, 0) is 25.5 Å². The summed E-state index contributed by atoms with van der Waals surface area (Å²) in [5.74, 6) is -0.624. The fourth-order valence-electron chi connectivity index (χ4n) is 3.33. The van der Waals surface area contributed by atoms with E-state index in [1.54, 1.807) is 42.5 Å². The molecule has 0 aliphatic carbocycles. The molecule has 2 aromatic carbocycles. The zero-order valence-electron chi connectivity index (χ0n) is 17.4. The number of amides is 1. The van der Waals surface area contributed by atoms with Crippen molar-refractivity contribution in [2.45, 2.75) is 18.6 Å². The number of fused-ring (bicyclic) bond motifs is 1. The number of carbonyl (C=O) groups is 2. The molecule has 8 nitrogen and oxygen atoms in total. The van der Waals surface area contributed by atoms with Crippen LogP contribution in [-0.4, -0.2) is 39.2 Å². The first kappa shape index (κ1) is 22.0. The Morgan fingerprint density at radius 2 is 1.77 bits per heavy atom. The van der Waals surface area contributed by atoms with Crippen molar-refractivity contribution < 1.29 is 28.2 Å². The van der Waals surface area contributed by atoms with Crippen molar-refractivity contribution in [1.82, 2.24) is 5.32 Å². The van der Waals surface area contributed by atoms with E-state index in [2.05, 4.69) is 5.32 Å². The summed E-state index contributed by atoms with van der Waals surface area (Å²) in [6.45, 7) is 0. The monoisotopic (exact) mass is 425 g/mol. The standard InChI is InChI=1S/C23H23NO7/c1-28-16-9-10-17-15(12-20(25)31-19(17)13-16)11-18(23(27)30-3)24-22(26)21(29-2)14-7-5-4-6-8-14/h4-10,12-13,18,21H,11H2,1-3H3,(H,24,26)/t18-,21-/m1/s1. The fourth-order valence-corrected chi connectivity index (χ4v) is 3.33. The number of esters is 1. The third kappa shape index (κ3) is 5.10. The minimum atomic E-state index is -1.04. The fraction of sp³-hybridized carbons (Fsp3) is 0.261. The van der Waals surface area contributed by atoms with Crippen LogP contribution in [0.2, 0.25) is 0 Å². The van der Waals surface area contributed by atoms with Gasteiger partial charge in [-0.2, -0.15) is 0 Å². The zero-order valence-corrected chi connectivity index (χ0v) is 17.4. The SMILES string of the molecule is COC(=O)[C@@H](Cc1cc(=O)oc2cc(OC)ccc12)NC(=O)[C@H](OC)c1ccccc1. The van der Waals surface area contributed by atoms with Crippen LogP contribution in [0.4, 0.5) is 0 Å². The first-order valence-electron chi connectivity index (χ1n) is 9.53. The van der Waals surface area contributed by atoms with Gasteiger partial charge in [-0.25, -0.2) is 9.59 Å². The largest absolute Gasteiger partial charge is 0.497 e. The molecule has 1 amide bonds. The van der Waals surface area contributed by atoms with Crippen LogP contribution in [0.3, 0.4) is 0 Å². The van der Waals surface area contributed by atoms with Crippen molar-refractivity contribution >= 4 is 22.8 Å². The summed E-state index contributed by atoms with van der Waals surface area (Å²) in [7, 11) is 4.15. The maximum absolute atomic E-state index is 12.9. The molecule has 0 saturated carbocycles. The van der Waals surface area contributed by atoms with Gasteiger partial charge < -0.3 is 23.9 Å². The zero-order chi connectivity index (χ0) is 22.4. The normalized spacial score (nSPS) is 12.7. The molecule has 1 aromatic heterocycles. The van der Waals surface area contributed by atoms with Crippen LogP contribution in [0.15, 0.2) is 63.8 Å². The maximum Gasteiger partial charge on any atom is 0.336 e. The molecule has 3 aromatic rings. The van der Waals surface area contributed by atoms with Crippen LogP contribution >= 0.6 is 0 Å². The number of benzene rings is 2. The average Bonchev–Trinajstić information content (AvgIpc) is 2.78.